The number of halogens is 1. The van der Waals surface area contributed by atoms with Crippen LogP contribution in [-0.4, -0.2) is 45.4 Å². The number of aliphatic hydroxyl groups is 1. The topological polar surface area (TPSA) is 82.0 Å². The lowest BCUT2D eigenvalue weighted by atomic mass is 10.2. The fourth-order valence-corrected chi connectivity index (χ4v) is 3.66. The first-order valence-electron chi connectivity index (χ1n) is 8.35. The molecule has 3 rings (SSSR count). The summed E-state index contributed by atoms with van der Waals surface area (Å²) in [6.45, 7) is -0.0870. The second kappa shape index (κ2) is 8.79. The molecular formula is C19H18FN3O3S. The summed E-state index contributed by atoms with van der Waals surface area (Å²) >= 11 is 1.17. The van der Waals surface area contributed by atoms with Crippen molar-refractivity contribution in [3.8, 4) is 0 Å². The SMILES string of the molecule is O=C(Nc1ccc(F)cc1)[C@H]1CC(=O)N(CCO)C(=Nc2ccccc2)S1. The summed E-state index contributed by atoms with van der Waals surface area (Å²) in [5.41, 5.74) is 1.10. The molecule has 140 valence electrons. The van der Waals surface area contributed by atoms with Gasteiger partial charge < -0.3 is 10.4 Å². The van der Waals surface area contributed by atoms with Gasteiger partial charge in [-0.25, -0.2) is 9.38 Å². The lowest BCUT2D eigenvalue weighted by molar-refractivity contribution is -0.129. The number of nitrogens with zero attached hydrogens (tertiary/aromatic N) is 2. The van der Waals surface area contributed by atoms with Crippen LogP contribution in [0.25, 0.3) is 0 Å². The number of nitrogens with one attached hydrogen (secondary N) is 1. The Morgan fingerprint density at radius 1 is 1.22 bits per heavy atom. The van der Waals surface area contributed by atoms with Gasteiger partial charge in [0.25, 0.3) is 0 Å². The molecule has 2 amide bonds. The van der Waals surface area contributed by atoms with Crippen LogP contribution in [0.4, 0.5) is 15.8 Å². The van der Waals surface area contributed by atoms with Crippen LogP contribution in [0.15, 0.2) is 59.6 Å². The van der Waals surface area contributed by atoms with Gasteiger partial charge in [-0.3, -0.25) is 14.5 Å². The Balaban J connectivity index is 1.79. The van der Waals surface area contributed by atoms with Gasteiger partial charge in [-0.2, -0.15) is 0 Å². The third kappa shape index (κ3) is 4.93. The number of β-amino-alcohol motifs (C(OH)–C–C–N with tert-alkyl or cyclic N) is 1. The van der Waals surface area contributed by atoms with Crippen LogP contribution in [0, 0.1) is 5.82 Å². The van der Waals surface area contributed by atoms with Crippen LogP contribution in [0.2, 0.25) is 0 Å². The summed E-state index contributed by atoms with van der Waals surface area (Å²) in [6, 6.07) is 14.5. The van der Waals surface area contributed by atoms with Crippen molar-refractivity contribution in [2.45, 2.75) is 11.7 Å². The van der Waals surface area contributed by atoms with E-state index in [0.717, 1.165) is 0 Å². The number of hydrogen-bond acceptors (Lipinski definition) is 5. The highest BCUT2D eigenvalue weighted by molar-refractivity contribution is 8.15. The Labute approximate surface area is 160 Å². The van der Waals surface area contributed by atoms with E-state index in [1.807, 2.05) is 18.2 Å². The Morgan fingerprint density at radius 3 is 2.59 bits per heavy atom. The molecule has 0 bridgehead atoms. The molecule has 0 saturated carbocycles. The van der Waals surface area contributed by atoms with Crippen molar-refractivity contribution in [1.29, 1.82) is 0 Å². The van der Waals surface area contributed by atoms with Gasteiger partial charge in [-0.15, -0.1) is 0 Å². The summed E-state index contributed by atoms with van der Waals surface area (Å²) in [5, 5.41) is 11.6. The average Bonchev–Trinajstić information content (AvgIpc) is 2.67. The number of aliphatic imine (C=N–C) groups is 1. The minimum absolute atomic E-state index is 0.00843. The van der Waals surface area contributed by atoms with E-state index >= 15 is 0 Å². The van der Waals surface area contributed by atoms with Crippen molar-refractivity contribution in [2.75, 3.05) is 18.5 Å². The van der Waals surface area contributed by atoms with Crippen molar-refractivity contribution in [3.63, 3.8) is 0 Å². The molecule has 2 aromatic carbocycles. The number of para-hydroxylation sites is 1. The van der Waals surface area contributed by atoms with Gasteiger partial charge in [0, 0.05) is 12.1 Å². The maximum atomic E-state index is 13.0. The van der Waals surface area contributed by atoms with Crippen LogP contribution in [-0.2, 0) is 9.59 Å². The van der Waals surface area contributed by atoms with E-state index in [0.29, 0.717) is 16.5 Å². The van der Waals surface area contributed by atoms with Crippen molar-refractivity contribution >= 4 is 40.1 Å². The number of amides is 2. The third-order valence-electron chi connectivity index (χ3n) is 3.85. The normalized spacial score (nSPS) is 18.6. The molecule has 1 aliphatic rings. The van der Waals surface area contributed by atoms with E-state index in [4.69, 9.17) is 0 Å². The van der Waals surface area contributed by atoms with Gasteiger partial charge in [0.05, 0.1) is 18.8 Å². The number of carbonyl (C=O) groups is 2. The van der Waals surface area contributed by atoms with Crippen molar-refractivity contribution < 1.29 is 19.1 Å². The van der Waals surface area contributed by atoms with Crippen LogP contribution in [0.1, 0.15) is 6.42 Å². The quantitative estimate of drug-likeness (QED) is 0.827. The van der Waals surface area contributed by atoms with Crippen molar-refractivity contribution in [1.82, 2.24) is 4.90 Å². The van der Waals surface area contributed by atoms with Gasteiger partial charge in [0.1, 0.15) is 11.1 Å². The number of aliphatic hydroxyl groups excluding tert-OH is 1. The number of thioether (sulfide) groups is 1. The first-order valence-corrected chi connectivity index (χ1v) is 9.23. The molecule has 0 aromatic heterocycles. The minimum Gasteiger partial charge on any atom is -0.395 e. The predicted octanol–water partition coefficient (Wildman–Crippen LogP) is 2.78. The fourth-order valence-electron chi connectivity index (χ4n) is 2.53. The Morgan fingerprint density at radius 2 is 1.93 bits per heavy atom. The molecule has 0 radical (unpaired) electrons. The van der Waals surface area contributed by atoms with Crippen LogP contribution < -0.4 is 5.32 Å². The smallest absolute Gasteiger partial charge is 0.238 e. The maximum absolute atomic E-state index is 13.0. The largest absolute Gasteiger partial charge is 0.395 e. The standard InChI is InChI=1S/C19H18FN3O3S/c20-13-6-8-15(9-7-13)21-18(26)16-12-17(25)23(10-11-24)19(27-16)22-14-4-2-1-3-5-14/h1-9,16,24H,10-12H2,(H,21,26)/t16-/m1/s1. The summed E-state index contributed by atoms with van der Waals surface area (Å²) in [6.07, 6.45) is -0.00843. The van der Waals surface area contributed by atoms with Crippen molar-refractivity contribution in [2.24, 2.45) is 4.99 Å². The molecule has 0 unspecified atom stereocenters. The molecule has 1 atom stereocenters. The molecule has 8 heteroatoms. The number of hydrogen-bond donors (Lipinski definition) is 2. The number of benzene rings is 2. The minimum atomic E-state index is -0.667. The van der Waals surface area contributed by atoms with E-state index < -0.39 is 11.1 Å². The van der Waals surface area contributed by atoms with E-state index in [9.17, 15) is 19.1 Å². The molecule has 2 N–H and O–H groups in total. The average molecular weight is 387 g/mol. The first-order chi connectivity index (χ1) is 13.1. The van der Waals surface area contributed by atoms with Gasteiger partial charge >= 0.3 is 0 Å². The zero-order valence-electron chi connectivity index (χ0n) is 14.3. The molecule has 1 aliphatic heterocycles. The Hall–Kier alpha value is -2.71. The highest BCUT2D eigenvalue weighted by Gasteiger charge is 2.35. The van der Waals surface area contributed by atoms with Crippen LogP contribution in [0.3, 0.4) is 0 Å². The highest BCUT2D eigenvalue weighted by Crippen LogP contribution is 2.29. The van der Waals surface area contributed by atoms with Gasteiger partial charge in [-0.1, -0.05) is 30.0 Å². The van der Waals surface area contributed by atoms with Gasteiger partial charge in [-0.05, 0) is 36.4 Å². The molecule has 0 spiro atoms. The molecular weight excluding hydrogens is 369 g/mol. The number of amidine groups is 1. The molecule has 6 nitrogen and oxygen atoms in total. The molecule has 27 heavy (non-hydrogen) atoms. The molecule has 1 fully saturated rings. The third-order valence-corrected chi connectivity index (χ3v) is 5.04. The van der Waals surface area contributed by atoms with Crippen molar-refractivity contribution in [3.05, 3.63) is 60.4 Å². The zero-order chi connectivity index (χ0) is 19.2. The summed E-state index contributed by atoms with van der Waals surface area (Å²) in [7, 11) is 0. The highest BCUT2D eigenvalue weighted by atomic mass is 32.2. The van der Waals surface area contributed by atoms with Crippen LogP contribution in [0.5, 0.6) is 0 Å². The Bertz CT molecular complexity index is 843. The van der Waals surface area contributed by atoms with E-state index in [1.165, 1.54) is 40.9 Å². The van der Waals surface area contributed by atoms with Gasteiger partial charge in [0.15, 0.2) is 5.17 Å². The first kappa shape index (κ1) is 19.1. The molecule has 1 heterocycles. The number of anilines is 1. The summed E-state index contributed by atoms with van der Waals surface area (Å²) < 4.78 is 13.0. The Kier molecular flexibility index (Phi) is 6.20. The number of carbonyl (C=O) groups excluding carboxylic acids is 2. The summed E-state index contributed by atoms with van der Waals surface area (Å²) in [5.74, 6) is -1.03. The molecule has 2 aromatic rings. The van der Waals surface area contributed by atoms with Gasteiger partial charge in [0.2, 0.25) is 11.8 Å². The lowest BCUT2D eigenvalue weighted by Crippen LogP contribution is -2.46. The second-order valence-corrected chi connectivity index (χ2v) is 6.98. The van der Waals surface area contributed by atoms with Crippen LogP contribution >= 0.6 is 11.8 Å². The maximum Gasteiger partial charge on any atom is 0.238 e. The lowest BCUT2D eigenvalue weighted by Gasteiger charge is -2.31. The fraction of sp³-hybridized carbons (Fsp3) is 0.211. The molecule has 0 aliphatic carbocycles. The predicted molar refractivity (Wildman–Crippen MR) is 103 cm³/mol. The number of rotatable bonds is 5. The monoisotopic (exact) mass is 387 g/mol. The van der Waals surface area contributed by atoms with E-state index in [-0.39, 0.29) is 31.4 Å². The van der Waals surface area contributed by atoms with E-state index in [2.05, 4.69) is 10.3 Å². The summed E-state index contributed by atoms with van der Waals surface area (Å²) in [4.78, 5) is 30.9. The molecule has 1 saturated heterocycles. The van der Waals surface area contributed by atoms with E-state index in [1.54, 1.807) is 12.1 Å². The zero-order valence-corrected chi connectivity index (χ0v) is 15.2. The second-order valence-electron chi connectivity index (χ2n) is 5.81.